The number of halogens is 1. The third-order valence-corrected chi connectivity index (χ3v) is 4.10. The molecular formula is C16H25FN4O2. The second-order valence-electron chi connectivity index (χ2n) is 5.53. The van der Waals surface area contributed by atoms with Crippen LogP contribution in [-0.2, 0) is 4.74 Å². The number of carbonyl (C=O) groups excluding carboxylic acids is 1. The van der Waals surface area contributed by atoms with Crippen molar-refractivity contribution in [3.05, 3.63) is 24.3 Å². The number of ether oxygens (including phenoxy) is 1. The molecule has 128 valence electrons. The molecule has 1 saturated heterocycles. The van der Waals surface area contributed by atoms with Crippen molar-refractivity contribution in [1.82, 2.24) is 14.8 Å². The van der Waals surface area contributed by atoms with E-state index in [-0.39, 0.29) is 11.7 Å². The molecule has 6 nitrogen and oxygen atoms in total. The van der Waals surface area contributed by atoms with E-state index in [1.807, 2.05) is 6.92 Å². The molecule has 0 saturated carbocycles. The van der Waals surface area contributed by atoms with Crippen LogP contribution in [0.4, 0.5) is 14.9 Å². The van der Waals surface area contributed by atoms with Gasteiger partial charge < -0.3 is 15.0 Å². The van der Waals surface area contributed by atoms with Crippen molar-refractivity contribution >= 4 is 11.7 Å². The highest BCUT2D eigenvalue weighted by Gasteiger charge is 2.28. The molecule has 2 amide bonds. The van der Waals surface area contributed by atoms with Crippen molar-refractivity contribution < 1.29 is 13.9 Å². The molecule has 1 aliphatic rings. The van der Waals surface area contributed by atoms with Crippen LogP contribution in [0, 0.1) is 5.82 Å². The second kappa shape index (κ2) is 8.79. The number of rotatable bonds is 6. The summed E-state index contributed by atoms with van der Waals surface area (Å²) in [5.41, 5.74) is 0.164. The van der Waals surface area contributed by atoms with E-state index in [0.717, 1.165) is 32.3 Å². The van der Waals surface area contributed by atoms with Crippen LogP contribution >= 0.6 is 0 Å². The quantitative estimate of drug-likeness (QED) is 0.815. The molecular weight excluding hydrogens is 299 g/mol. The van der Waals surface area contributed by atoms with Crippen LogP contribution in [0.15, 0.2) is 18.5 Å². The third kappa shape index (κ3) is 4.87. The zero-order valence-corrected chi connectivity index (χ0v) is 13.8. The first kappa shape index (κ1) is 17.6. The summed E-state index contributed by atoms with van der Waals surface area (Å²) in [4.78, 5) is 20.1. The Kier molecular flexibility index (Phi) is 6.73. The number of anilines is 1. The molecule has 1 aromatic heterocycles. The van der Waals surface area contributed by atoms with Gasteiger partial charge in [0.1, 0.15) is 0 Å². The van der Waals surface area contributed by atoms with Gasteiger partial charge in [-0.05, 0) is 19.4 Å². The zero-order valence-electron chi connectivity index (χ0n) is 13.8. The fraction of sp³-hybridized carbons (Fsp3) is 0.625. The first-order chi connectivity index (χ1) is 11.2. The average Bonchev–Trinajstić information content (AvgIpc) is 2.57. The number of urea groups is 1. The minimum atomic E-state index is -0.525. The van der Waals surface area contributed by atoms with E-state index in [2.05, 4.69) is 22.1 Å². The number of nitrogens with one attached hydrogen (secondary N) is 1. The van der Waals surface area contributed by atoms with Crippen molar-refractivity contribution in [2.24, 2.45) is 0 Å². The lowest BCUT2D eigenvalue weighted by Crippen LogP contribution is -2.56. The van der Waals surface area contributed by atoms with E-state index in [1.54, 1.807) is 4.90 Å². The number of hydrogen-bond acceptors (Lipinski definition) is 4. The number of hydrogen-bond donors (Lipinski definition) is 1. The largest absolute Gasteiger partial charge is 0.380 e. The molecule has 2 rings (SSSR count). The Labute approximate surface area is 136 Å². The Morgan fingerprint density at radius 2 is 2.30 bits per heavy atom. The third-order valence-electron chi connectivity index (χ3n) is 4.10. The van der Waals surface area contributed by atoms with Crippen molar-refractivity contribution in [1.29, 1.82) is 0 Å². The molecule has 0 unspecified atom stereocenters. The molecule has 1 N–H and O–H groups in total. The Bertz CT molecular complexity index is 515. The summed E-state index contributed by atoms with van der Waals surface area (Å²) >= 11 is 0. The molecule has 1 atom stereocenters. The lowest BCUT2D eigenvalue weighted by molar-refractivity contribution is 0.0545. The summed E-state index contributed by atoms with van der Waals surface area (Å²) < 4.78 is 19.0. The fourth-order valence-corrected chi connectivity index (χ4v) is 2.76. The molecule has 1 fully saturated rings. The van der Waals surface area contributed by atoms with Crippen molar-refractivity contribution in [3.8, 4) is 0 Å². The van der Waals surface area contributed by atoms with Crippen molar-refractivity contribution in [2.45, 2.75) is 26.3 Å². The summed E-state index contributed by atoms with van der Waals surface area (Å²) in [6, 6.07) is 1.50. The van der Waals surface area contributed by atoms with E-state index in [4.69, 9.17) is 4.74 Å². The van der Waals surface area contributed by atoms with Gasteiger partial charge in [-0.1, -0.05) is 6.92 Å². The summed E-state index contributed by atoms with van der Waals surface area (Å²) in [5, 5.41) is 2.62. The SMILES string of the molecule is CCOCCN1CCN(C(=O)Nc2ccncc2F)C[C@@H]1CC. The molecule has 0 bridgehead atoms. The molecule has 2 heterocycles. The summed E-state index contributed by atoms with van der Waals surface area (Å²) in [6.45, 7) is 8.47. The van der Waals surface area contributed by atoms with Crippen LogP contribution in [0.5, 0.6) is 0 Å². The van der Waals surface area contributed by atoms with Gasteiger partial charge in [-0.25, -0.2) is 9.18 Å². The predicted molar refractivity (Wildman–Crippen MR) is 86.9 cm³/mol. The first-order valence-electron chi connectivity index (χ1n) is 8.12. The topological polar surface area (TPSA) is 57.7 Å². The molecule has 7 heteroatoms. The second-order valence-corrected chi connectivity index (χ2v) is 5.53. The van der Waals surface area contributed by atoms with Crippen LogP contribution in [0.1, 0.15) is 20.3 Å². The van der Waals surface area contributed by atoms with Crippen molar-refractivity contribution in [3.63, 3.8) is 0 Å². The number of piperazine rings is 1. The van der Waals surface area contributed by atoms with Gasteiger partial charge in [-0.3, -0.25) is 9.88 Å². The molecule has 0 aliphatic carbocycles. The molecule has 1 aliphatic heterocycles. The summed E-state index contributed by atoms with van der Waals surface area (Å²) in [6.07, 6.45) is 3.51. The predicted octanol–water partition coefficient (Wildman–Crippen LogP) is 2.19. The normalized spacial score (nSPS) is 18.9. The minimum Gasteiger partial charge on any atom is -0.380 e. The molecule has 0 radical (unpaired) electrons. The van der Waals surface area contributed by atoms with Crippen LogP contribution in [-0.4, -0.2) is 66.2 Å². The van der Waals surface area contributed by atoms with Gasteiger partial charge in [0.05, 0.1) is 18.5 Å². The van der Waals surface area contributed by atoms with E-state index < -0.39 is 5.82 Å². The Morgan fingerprint density at radius 1 is 1.48 bits per heavy atom. The smallest absolute Gasteiger partial charge is 0.322 e. The zero-order chi connectivity index (χ0) is 16.7. The van der Waals surface area contributed by atoms with E-state index in [0.29, 0.717) is 25.7 Å². The first-order valence-corrected chi connectivity index (χ1v) is 8.12. The Balaban J connectivity index is 1.89. The highest BCUT2D eigenvalue weighted by Crippen LogP contribution is 2.16. The fourth-order valence-electron chi connectivity index (χ4n) is 2.76. The minimum absolute atomic E-state index is 0.164. The van der Waals surface area contributed by atoms with E-state index >= 15 is 0 Å². The molecule has 1 aromatic rings. The van der Waals surface area contributed by atoms with Crippen LogP contribution in [0.3, 0.4) is 0 Å². The highest BCUT2D eigenvalue weighted by atomic mass is 19.1. The van der Waals surface area contributed by atoms with Crippen molar-refractivity contribution in [2.75, 3.05) is 44.7 Å². The molecule has 23 heavy (non-hydrogen) atoms. The lowest BCUT2D eigenvalue weighted by Gasteiger charge is -2.41. The summed E-state index contributed by atoms with van der Waals surface area (Å²) in [7, 11) is 0. The van der Waals surface area contributed by atoms with Gasteiger partial charge in [0.2, 0.25) is 0 Å². The van der Waals surface area contributed by atoms with Gasteiger partial charge in [-0.2, -0.15) is 0 Å². The Hall–Kier alpha value is -1.73. The van der Waals surface area contributed by atoms with Gasteiger partial charge in [0, 0.05) is 45.0 Å². The van der Waals surface area contributed by atoms with Gasteiger partial charge in [0.15, 0.2) is 5.82 Å². The van der Waals surface area contributed by atoms with Gasteiger partial charge >= 0.3 is 6.03 Å². The molecule has 0 aromatic carbocycles. The van der Waals surface area contributed by atoms with E-state index in [9.17, 15) is 9.18 Å². The molecule has 0 spiro atoms. The van der Waals surface area contributed by atoms with Crippen LogP contribution in [0.25, 0.3) is 0 Å². The van der Waals surface area contributed by atoms with Gasteiger partial charge in [-0.15, -0.1) is 0 Å². The maximum Gasteiger partial charge on any atom is 0.322 e. The highest BCUT2D eigenvalue weighted by molar-refractivity contribution is 5.89. The Morgan fingerprint density at radius 3 is 3.00 bits per heavy atom. The average molecular weight is 324 g/mol. The van der Waals surface area contributed by atoms with Gasteiger partial charge in [0.25, 0.3) is 0 Å². The van der Waals surface area contributed by atoms with E-state index in [1.165, 1.54) is 12.3 Å². The maximum absolute atomic E-state index is 13.6. The standard InChI is InChI=1S/C16H25FN4O2/c1-3-13-12-21(8-7-20(13)9-10-23-4-2)16(22)19-15-5-6-18-11-14(15)17/h5-6,11,13H,3-4,7-10,12H2,1-2H3,(H,18,19,22)/t13-/m0/s1. The number of nitrogens with zero attached hydrogens (tertiary/aromatic N) is 3. The number of aromatic nitrogens is 1. The number of carbonyl (C=O) groups is 1. The maximum atomic E-state index is 13.6. The lowest BCUT2D eigenvalue weighted by atomic mass is 10.1. The number of pyridine rings is 1. The van der Waals surface area contributed by atoms with Crippen LogP contribution < -0.4 is 5.32 Å². The van der Waals surface area contributed by atoms with Crippen LogP contribution in [0.2, 0.25) is 0 Å². The monoisotopic (exact) mass is 324 g/mol. The summed E-state index contributed by atoms with van der Waals surface area (Å²) in [5.74, 6) is -0.525. The number of amides is 2.